The Bertz CT molecular complexity index is 1270. The van der Waals surface area contributed by atoms with Crippen molar-refractivity contribution in [3.63, 3.8) is 0 Å². The molecule has 2 saturated heterocycles. The average Bonchev–Trinajstić information content (AvgIpc) is 3.33. The van der Waals surface area contributed by atoms with E-state index in [0.29, 0.717) is 50.2 Å². The number of morpholine rings is 2. The molecule has 0 amide bonds. The van der Waals surface area contributed by atoms with Gasteiger partial charge in [-0.2, -0.15) is 9.40 Å². The molecule has 192 valence electrons. The highest BCUT2D eigenvalue weighted by molar-refractivity contribution is 7.98. The van der Waals surface area contributed by atoms with Crippen LogP contribution in [0.3, 0.4) is 0 Å². The van der Waals surface area contributed by atoms with Crippen LogP contribution in [0.5, 0.6) is 0 Å². The first kappa shape index (κ1) is 25.0. The van der Waals surface area contributed by atoms with Gasteiger partial charge in [0.25, 0.3) is 0 Å². The van der Waals surface area contributed by atoms with Gasteiger partial charge in [0.1, 0.15) is 10.8 Å². The number of nitrogens with one attached hydrogen (secondary N) is 2. The molecule has 2 fully saturated rings. The summed E-state index contributed by atoms with van der Waals surface area (Å²) in [6.07, 6.45) is 0. The number of aromatic nitrogens is 3. The first-order chi connectivity index (χ1) is 17.5. The van der Waals surface area contributed by atoms with Gasteiger partial charge in [0.05, 0.1) is 31.3 Å². The van der Waals surface area contributed by atoms with Gasteiger partial charge < -0.3 is 19.7 Å². The first-order valence-corrected chi connectivity index (χ1v) is 14.3. The predicted molar refractivity (Wildman–Crippen MR) is 139 cm³/mol. The average molecular weight is 531 g/mol. The number of thioether (sulfide) groups is 1. The highest BCUT2D eigenvalue weighted by atomic mass is 32.2. The number of H-pyrrole nitrogens is 1. The summed E-state index contributed by atoms with van der Waals surface area (Å²) >= 11 is 1.61. The molecule has 3 aromatic rings. The van der Waals surface area contributed by atoms with Crippen molar-refractivity contribution in [1.82, 2.24) is 19.5 Å². The second kappa shape index (κ2) is 11.2. The third-order valence-corrected chi connectivity index (χ3v) is 8.92. The second-order valence-electron chi connectivity index (χ2n) is 8.66. The summed E-state index contributed by atoms with van der Waals surface area (Å²) in [5, 5.41) is 11.5. The van der Waals surface area contributed by atoms with E-state index in [2.05, 4.69) is 20.4 Å². The lowest BCUT2D eigenvalue weighted by molar-refractivity contribution is 0.0730. The number of pyridine rings is 1. The molecule has 0 aliphatic carbocycles. The zero-order chi connectivity index (χ0) is 25.0. The van der Waals surface area contributed by atoms with Crippen LogP contribution in [0.25, 0.3) is 0 Å². The molecule has 36 heavy (non-hydrogen) atoms. The van der Waals surface area contributed by atoms with Crippen molar-refractivity contribution in [2.24, 2.45) is 0 Å². The summed E-state index contributed by atoms with van der Waals surface area (Å²) in [4.78, 5) is 7.42. The van der Waals surface area contributed by atoms with E-state index >= 15 is 0 Å². The van der Waals surface area contributed by atoms with Gasteiger partial charge in [0.2, 0.25) is 10.0 Å². The Morgan fingerprint density at radius 3 is 2.36 bits per heavy atom. The van der Waals surface area contributed by atoms with Crippen LogP contribution in [0.2, 0.25) is 0 Å². The molecule has 0 spiro atoms. The molecule has 0 atom stereocenters. The predicted octanol–water partition coefficient (Wildman–Crippen LogP) is 3.01. The minimum absolute atomic E-state index is 0.311. The van der Waals surface area contributed by atoms with Crippen LogP contribution in [-0.4, -0.2) is 80.5 Å². The molecule has 4 heterocycles. The third kappa shape index (κ3) is 6.01. The van der Waals surface area contributed by atoms with E-state index in [1.165, 1.54) is 4.31 Å². The molecule has 2 aliphatic heterocycles. The normalized spacial score (nSPS) is 17.3. The van der Waals surface area contributed by atoms with Crippen molar-refractivity contribution in [3.05, 3.63) is 53.7 Å². The number of nitrogens with zero attached hydrogens (tertiary/aromatic N) is 4. The molecule has 0 radical (unpaired) electrons. The Labute approximate surface area is 215 Å². The van der Waals surface area contributed by atoms with Crippen LogP contribution in [-0.2, 0) is 25.2 Å². The van der Waals surface area contributed by atoms with E-state index in [-0.39, 0.29) is 0 Å². The van der Waals surface area contributed by atoms with Gasteiger partial charge in [-0.05, 0) is 30.7 Å². The van der Waals surface area contributed by atoms with Crippen molar-refractivity contribution >= 4 is 39.1 Å². The number of anilines is 3. The molecular formula is C24H30N6O4S2. The quantitative estimate of drug-likeness (QED) is 0.424. The number of hydrogen-bond acceptors (Lipinski definition) is 9. The van der Waals surface area contributed by atoms with Crippen molar-refractivity contribution < 1.29 is 17.9 Å². The lowest BCUT2D eigenvalue weighted by atomic mass is 10.2. The minimum atomic E-state index is -3.50. The van der Waals surface area contributed by atoms with E-state index in [0.717, 1.165) is 46.7 Å². The Morgan fingerprint density at radius 1 is 1.00 bits per heavy atom. The van der Waals surface area contributed by atoms with E-state index in [4.69, 9.17) is 14.5 Å². The lowest BCUT2D eigenvalue weighted by Gasteiger charge is -2.28. The summed E-state index contributed by atoms with van der Waals surface area (Å²) in [7, 11) is -3.50. The first-order valence-electron chi connectivity index (χ1n) is 11.9. The summed E-state index contributed by atoms with van der Waals surface area (Å²) in [5.74, 6) is 2.31. The monoisotopic (exact) mass is 530 g/mol. The molecule has 2 aromatic heterocycles. The highest BCUT2D eigenvalue weighted by Crippen LogP contribution is 2.30. The largest absolute Gasteiger partial charge is 0.379 e. The van der Waals surface area contributed by atoms with Gasteiger partial charge in [-0.25, -0.2) is 13.4 Å². The number of rotatable bonds is 8. The highest BCUT2D eigenvalue weighted by Gasteiger charge is 2.26. The Morgan fingerprint density at radius 2 is 1.69 bits per heavy atom. The van der Waals surface area contributed by atoms with E-state index < -0.39 is 10.0 Å². The zero-order valence-corrected chi connectivity index (χ0v) is 21.8. The topological polar surface area (TPSA) is 113 Å². The van der Waals surface area contributed by atoms with Crippen LogP contribution in [0, 0.1) is 6.92 Å². The molecule has 1 aromatic carbocycles. The number of ether oxygens (including phenoxy) is 2. The van der Waals surface area contributed by atoms with Gasteiger partial charge in [-0.15, -0.1) is 11.8 Å². The summed E-state index contributed by atoms with van der Waals surface area (Å²) < 4.78 is 38.0. The van der Waals surface area contributed by atoms with Crippen LogP contribution in [0.4, 0.5) is 17.3 Å². The maximum absolute atomic E-state index is 12.9. The third-order valence-electron chi connectivity index (χ3n) is 6.02. The maximum atomic E-state index is 12.9. The molecule has 10 nitrogen and oxygen atoms in total. The van der Waals surface area contributed by atoms with Crippen molar-refractivity contribution in [3.8, 4) is 0 Å². The molecule has 12 heteroatoms. The molecular weight excluding hydrogens is 500 g/mol. The fourth-order valence-corrected chi connectivity index (χ4v) is 6.36. The van der Waals surface area contributed by atoms with Crippen LogP contribution in [0.1, 0.15) is 11.3 Å². The van der Waals surface area contributed by atoms with E-state index in [1.807, 2.05) is 37.3 Å². The molecule has 0 bridgehead atoms. The van der Waals surface area contributed by atoms with E-state index in [9.17, 15) is 8.42 Å². The molecule has 5 rings (SSSR count). The van der Waals surface area contributed by atoms with Crippen LogP contribution >= 0.6 is 11.8 Å². The number of hydrogen-bond donors (Lipinski definition) is 2. The molecule has 0 unspecified atom stereocenters. The zero-order valence-electron chi connectivity index (χ0n) is 20.1. The summed E-state index contributed by atoms with van der Waals surface area (Å²) in [6, 6.07) is 13.1. The van der Waals surface area contributed by atoms with Gasteiger partial charge in [0.15, 0.2) is 5.82 Å². The second-order valence-corrected chi connectivity index (χ2v) is 11.6. The number of aromatic amines is 1. The van der Waals surface area contributed by atoms with Gasteiger partial charge in [0, 0.05) is 55.4 Å². The summed E-state index contributed by atoms with van der Waals surface area (Å²) in [6.45, 7) is 6.55. The van der Waals surface area contributed by atoms with Gasteiger partial charge in [-0.1, -0.05) is 12.1 Å². The molecule has 2 N–H and O–H groups in total. The fourth-order valence-electron chi connectivity index (χ4n) is 4.07. The standard InChI is InChI=1S/C24H30N6O4S2/c1-18-14-22(28-27-18)25-20-15-23(29-6-10-33-11-7-29)26-24(16-20)35-17-19-2-4-21(5-3-19)36(31,32)30-8-12-34-13-9-30/h2-5,14-16H,6-13,17H2,1H3,(H2,25,26,27,28). The van der Waals surface area contributed by atoms with Gasteiger partial charge in [-0.3, -0.25) is 5.10 Å². The fraction of sp³-hybridized carbons (Fsp3) is 0.417. The Hall–Kier alpha value is -2.64. The Balaban J connectivity index is 1.30. The van der Waals surface area contributed by atoms with Gasteiger partial charge >= 0.3 is 0 Å². The van der Waals surface area contributed by atoms with Crippen LogP contribution in [0.15, 0.2) is 52.4 Å². The SMILES string of the molecule is Cc1cc(Nc2cc(SCc3ccc(S(=O)(=O)N4CCOCC4)cc3)nc(N3CCOCC3)c2)n[nH]1. The van der Waals surface area contributed by atoms with Crippen LogP contribution < -0.4 is 10.2 Å². The van der Waals surface area contributed by atoms with Crippen molar-refractivity contribution in [2.45, 2.75) is 22.6 Å². The Kier molecular flexibility index (Phi) is 7.77. The van der Waals surface area contributed by atoms with Crippen molar-refractivity contribution in [2.75, 3.05) is 62.8 Å². The minimum Gasteiger partial charge on any atom is -0.379 e. The van der Waals surface area contributed by atoms with Crippen molar-refractivity contribution in [1.29, 1.82) is 0 Å². The lowest BCUT2D eigenvalue weighted by Crippen LogP contribution is -2.40. The number of aryl methyl sites for hydroxylation is 1. The number of benzene rings is 1. The van der Waals surface area contributed by atoms with E-state index in [1.54, 1.807) is 23.9 Å². The molecule has 2 aliphatic rings. The smallest absolute Gasteiger partial charge is 0.243 e. The molecule has 0 saturated carbocycles. The number of sulfonamides is 1. The maximum Gasteiger partial charge on any atom is 0.243 e. The summed E-state index contributed by atoms with van der Waals surface area (Å²) in [5.41, 5.74) is 2.91.